The molecule has 0 spiro atoms. The lowest BCUT2D eigenvalue weighted by Gasteiger charge is -2.21. The van der Waals surface area contributed by atoms with E-state index in [1.54, 1.807) is 0 Å². The Morgan fingerprint density at radius 1 is 1.47 bits per heavy atom. The van der Waals surface area contributed by atoms with Gasteiger partial charge in [0.25, 0.3) is 0 Å². The maximum atomic E-state index is 12.1. The molecular weight excluding hydrogens is 220 g/mol. The Bertz CT molecular complexity index is 236. The molecule has 5 nitrogen and oxygen atoms in total. The molecule has 1 aliphatic rings. The van der Waals surface area contributed by atoms with Crippen LogP contribution in [0.2, 0.25) is 0 Å². The fourth-order valence-electron chi connectivity index (χ4n) is 2.12. The lowest BCUT2D eigenvalue weighted by Crippen LogP contribution is -2.46. The molecule has 1 heterocycles. The lowest BCUT2D eigenvalue weighted by atomic mass is 10.0. The second-order valence-electron chi connectivity index (χ2n) is 4.43. The number of rotatable bonds is 7. The van der Waals surface area contributed by atoms with Crippen LogP contribution in [0.5, 0.6) is 0 Å². The van der Waals surface area contributed by atoms with Crippen molar-refractivity contribution in [1.29, 1.82) is 0 Å². The van der Waals surface area contributed by atoms with Gasteiger partial charge in [-0.2, -0.15) is 0 Å². The zero-order valence-electron chi connectivity index (χ0n) is 10.7. The average molecular weight is 244 g/mol. The topological polar surface area (TPSA) is 70.6 Å². The van der Waals surface area contributed by atoms with Crippen LogP contribution in [0.4, 0.5) is 0 Å². The molecule has 17 heavy (non-hydrogen) atoms. The van der Waals surface area contributed by atoms with Gasteiger partial charge in [-0.15, -0.1) is 0 Å². The Morgan fingerprint density at radius 3 is 2.82 bits per heavy atom. The van der Waals surface area contributed by atoms with Crippen molar-refractivity contribution in [2.45, 2.75) is 38.8 Å². The summed E-state index contributed by atoms with van der Waals surface area (Å²) in [6.07, 6.45) is 1.45. The van der Waals surface area contributed by atoms with Crippen molar-refractivity contribution in [3.63, 3.8) is 0 Å². The van der Waals surface area contributed by atoms with Gasteiger partial charge in [0.15, 0.2) is 0 Å². The number of amides is 1. The molecule has 0 saturated carbocycles. The number of nitrogens with one attached hydrogen (secondary N) is 2. The van der Waals surface area contributed by atoms with Crippen LogP contribution in [-0.2, 0) is 9.53 Å². The van der Waals surface area contributed by atoms with Gasteiger partial charge < -0.3 is 20.5 Å². The molecule has 0 aliphatic carbocycles. The van der Waals surface area contributed by atoms with Crippen LogP contribution < -0.4 is 10.6 Å². The fraction of sp³-hybridized carbons (Fsp3) is 0.917. The number of carbonyl (C=O) groups excluding carboxylic acids is 1. The van der Waals surface area contributed by atoms with Gasteiger partial charge in [0.05, 0.1) is 19.1 Å². The zero-order chi connectivity index (χ0) is 12.7. The zero-order valence-corrected chi connectivity index (χ0v) is 10.7. The summed E-state index contributed by atoms with van der Waals surface area (Å²) in [5, 5.41) is 15.1. The summed E-state index contributed by atoms with van der Waals surface area (Å²) in [4.78, 5) is 12.1. The van der Waals surface area contributed by atoms with E-state index in [2.05, 4.69) is 10.6 Å². The van der Waals surface area contributed by atoms with E-state index >= 15 is 0 Å². The van der Waals surface area contributed by atoms with Gasteiger partial charge in [-0.3, -0.25) is 4.79 Å². The molecule has 0 bridgehead atoms. The molecule has 3 N–H and O–H groups in total. The molecule has 1 fully saturated rings. The van der Waals surface area contributed by atoms with Crippen LogP contribution in [0.15, 0.2) is 0 Å². The standard InChI is InChI=1S/C12H24N2O3/c1-3-9(5-6-15)14-12(16)10-7-17-8-11(10)13-4-2/h9-11,13,15H,3-8H2,1-2H3,(H,14,16). The summed E-state index contributed by atoms with van der Waals surface area (Å²) in [5.74, 6) is -0.0727. The minimum absolute atomic E-state index is 0.0359. The van der Waals surface area contributed by atoms with Gasteiger partial charge in [-0.1, -0.05) is 13.8 Å². The molecule has 1 rings (SSSR count). The van der Waals surface area contributed by atoms with Crippen molar-refractivity contribution in [3.8, 4) is 0 Å². The van der Waals surface area contributed by atoms with Crippen molar-refractivity contribution >= 4 is 5.91 Å². The minimum atomic E-state index is -0.109. The first kappa shape index (κ1) is 14.4. The highest BCUT2D eigenvalue weighted by Crippen LogP contribution is 2.14. The third-order valence-corrected chi connectivity index (χ3v) is 3.20. The van der Waals surface area contributed by atoms with Gasteiger partial charge in [0, 0.05) is 18.7 Å². The van der Waals surface area contributed by atoms with Crippen molar-refractivity contribution in [3.05, 3.63) is 0 Å². The number of hydrogen-bond acceptors (Lipinski definition) is 4. The van der Waals surface area contributed by atoms with E-state index in [-0.39, 0.29) is 30.5 Å². The largest absolute Gasteiger partial charge is 0.396 e. The molecule has 3 atom stereocenters. The van der Waals surface area contributed by atoms with Crippen molar-refractivity contribution < 1.29 is 14.6 Å². The Morgan fingerprint density at radius 2 is 2.24 bits per heavy atom. The molecule has 1 amide bonds. The first-order valence-corrected chi connectivity index (χ1v) is 6.45. The first-order chi connectivity index (χ1) is 8.22. The van der Waals surface area contributed by atoms with Crippen LogP contribution in [0.3, 0.4) is 0 Å². The number of aliphatic hydroxyl groups excluding tert-OH is 1. The van der Waals surface area contributed by atoms with E-state index in [9.17, 15) is 4.79 Å². The summed E-state index contributed by atoms with van der Waals surface area (Å²) in [5.41, 5.74) is 0. The molecule has 0 aromatic rings. The SMILES string of the molecule is CCNC1COCC1C(=O)NC(CC)CCO. The average Bonchev–Trinajstić information content (AvgIpc) is 2.77. The Balaban J connectivity index is 2.44. The molecule has 0 aromatic carbocycles. The van der Waals surface area contributed by atoms with Crippen LogP contribution in [-0.4, -0.2) is 49.5 Å². The normalized spacial score (nSPS) is 25.8. The van der Waals surface area contributed by atoms with Crippen molar-refractivity contribution in [2.75, 3.05) is 26.4 Å². The summed E-state index contributed by atoms with van der Waals surface area (Å²) < 4.78 is 5.35. The van der Waals surface area contributed by atoms with E-state index in [1.807, 2.05) is 13.8 Å². The predicted octanol–water partition coefficient (Wildman–Crippen LogP) is -0.112. The number of likely N-dealkylation sites (N-methyl/N-ethyl adjacent to an activating group) is 1. The van der Waals surface area contributed by atoms with Crippen molar-refractivity contribution in [1.82, 2.24) is 10.6 Å². The van der Waals surface area contributed by atoms with Gasteiger partial charge in [-0.05, 0) is 19.4 Å². The number of hydrogen-bond donors (Lipinski definition) is 3. The fourth-order valence-corrected chi connectivity index (χ4v) is 2.12. The second kappa shape index (κ2) is 7.63. The monoisotopic (exact) mass is 244 g/mol. The van der Waals surface area contributed by atoms with Crippen molar-refractivity contribution in [2.24, 2.45) is 5.92 Å². The second-order valence-corrected chi connectivity index (χ2v) is 4.43. The molecule has 5 heteroatoms. The van der Waals surface area contributed by atoms with E-state index in [0.717, 1.165) is 13.0 Å². The van der Waals surface area contributed by atoms with E-state index < -0.39 is 0 Å². The highest BCUT2D eigenvalue weighted by molar-refractivity contribution is 5.80. The third-order valence-electron chi connectivity index (χ3n) is 3.20. The van der Waals surface area contributed by atoms with Crippen LogP contribution in [0.25, 0.3) is 0 Å². The molecule has 1 saturated heterocycles. The van der Waals surface area contributed by atoms with Crippen LogP contribution >= 0.6 is 0 Å². The van der Waals surface area contributed by atoms with E-state index in [4.69, 9.17) is 9.84 Å². The van der Waals surface area contributed by atoms with Crippen LogP contribution in [0, 0.1) is 5.92 Å². The summed E-state index contributed by atoms with van der Waals surface area (Å²) in [7, 11) is 0. The smallest absolute Gasteiger partial charge is 0.227 e. The quantitative estimate of drug-likeness (QED) is 0.584. The molecule has 100 valence electrons. The molecule has 1 aliphatic heterocycles. The van der Waals surface area contributed by atoms with Gasteiger partial charge >= 0.3 is 0 Å². The maximum absolute atomic E-state index is 12.1. The Hall–Kier alpha value is -0.650. The van der Waals surface area contributed by atoms with Gasteiger partial charge in [0.1, 0.15) is 0 Å². The summed E-state index contributed by atoms with van der Waals surface area (Å²) >= 11 is 0. The van der Waals surface area contributed by atoms with E-state index in [0.29, 0.717) is 19.6 Å². The molecular formula is C12H24N2O3. The maximum Gasteiger partial charge on any atom is 0.227 e. The van der Waals surface area contributed by atoms with Crippen LogP contribution in [0.1, 0.15) is 26.7 Å². The highest BCUT2D eigenvalue weighted by atomic mass is 16.5. The van der Waals surface area contributed by atoms with Gasteiger partial charge in [-0.25, -0.2) is 0 Å². The minimum Gasteiger partial charge on any atom is -0.396 e. The molecule has 0 aromatic heterocycles. The summed E-state index contributed by atoms with van der Waals surface area (Å²) in [6, 6.07) is 0.182. The molecule has 0 radical (unpaired) electrons. The third kappa shape index (κ3) is 4.26. The number of ether oxygens (including phenoxy) is 1. The van der Waals surface area contributed by atoms with E-state index in [1.165, 1.54) is 0 Å². The lowest BCUT2D eigenvalue weighted by molar-refractivity contribution is -0.126. The highest BCUT2D eigenvalue weighted by Gasteiger charge is 2.33. The number of aliphatic hydroxyl groups is 1. The Kier molecular flexibility index (Phi) is 6.47. The van der Waals surface area contributed by atoms with Gasteiger partial charge in [0.2, 0.25) is 5.91 Å². The molecule has 3 unspecified atom stereocenters. The summed E-state index contributed by atoms with van der Waals surface area (Å²) in [6.45, 7) is 6.06. The number of carbonyl (C=O) groups is 1. The first-order valence-electron chi connectivity index (χ1n) is 6.45. The predicted molar refractivity (Wildman–Crippen MR) is 65.7 cm³/mol. The Labute approximate surface area is 103 Å².